The molecule has 64 heavy (non-hydrogen) atoms. The SMILES string of the molecule is CC(C)(C)c1cc(NC(=O)NCc2cccc(Oc3ccncc3)c2)no1.CC(C)(C)c1cc(NC(=O)Oc2ccc([N+](=O)[O-])cc2)no1.NCc1cccc(Oc2ccncc2)c1. The Labute approximate surface area is 369 Å². The lowest BCUT2D eigenvalue weighted by Gasteiger charge is -2.12. The van der Waals surface area contributed by atoms with E-state index in [0.29, 0.717) is 41.9 Å². The quantitative estimate of drug-likeness (QED) is 0.0698. The molecular weight excluding hydrogens is 823 g/mol. The largest absolute Gasteiger partial charge is 0.457 e. The Bertz CT molecular complexity index is 2570. The number of nitrogens with one attached hydrogen (secondary N) is 3. The Morgan fingerprint density at radius 1 is 0.641 bits per heavy atom. The minimum Gasteiger partial charge on any atom is -0.457 e. The van der Waals surface area contributed by atoms with E-state index in [9.17, 15) is 19.7 Å². The third-order valence-corrected chi connectivity index (χ3v) is 8.49. The molecule has 0 radical (unpaired) electrons. The average Bonchev–Trinajstić information content (AvgIpc) is 3.95. The van der Waals surface area contributed by atoms with Crippen LogP contribution in [-0.4, -0.2) is 37.3 Å². The van der Waals surface area contributed by atoms with Crippen LogP contribution < -0.4 is 35.9 Å². The molecule has 0 spiro atoms. The normalized spacial score (nSPS) is 10.8. The first-order chi connectivity index (χ1) is 30.5. The summed E-state index contributed by atoms with van der Waals surface area (Å²) in [4.78, 5) is 41.7. The summed E-state index contributed by atoms with van der Waals surface area (Å²) >= 11 is 0. The van der Waals surface area contributed by atoms with Gasteiger partial charge >= 0.3 is 12.1 Å². The van der Waals surface area contributed by atoms with E-state index in [0.717, 1.165) is 22.6 Å². The number of hydrogen-bond donors (Lipinski definition) is 4. The lowest BCUT2D eigenvalue weighted by molar-refractivity contribution is -0.384. The number of anilines is 2. The molecule has 4 aromatic heterocycles. The zero-order valence-corrected chi connectivity index (χ0v) is 36.1. The number of rotatable bonds is 11. The molecule has 332 valence electrons. The van der Waals surface area contributed by atoms with Gasteiger partial charge in [0.25, 0.3) is 5.69 Å². The predicted molar refractivity (Wildman–Crippen MR) is 238 cm³/mol. The number of nitro benzene ring substituents is 1. The fourth-order valence-electron chi connectivity index (χ4n) is 5.13. The first kappa shape index (κ1) is 46.9. The van der Waals surface area contributed by atoms with Crippen molar-refractivity contribution < 1.29 is 37.8 Å². The van der Waals surface area contributed by atoms with E-state index in [-0.39, 0.29) is 34.1 Å². The van der Waals surface area contributed by atoms with Gasteiger partial charge in [-0.25, -0.2) is 9.59 Å². The maximum absolute atomic E-state index is 12.1. The highest BCUT2D eigenvalue weighted by atomic mass is 16.6. The second-order valence-electron chi connectivity index (χ2n) is 15.8. The lowest BCUT2D eigenvalue weighted by atomic mass is 9.93. The van der Waals surface area contributed by atoms with E-state index in [1.807, 2.05) is 102 Å². The highest BCUT2D eigenvalue weighted by molar-refractivity contribution is 5.88. The molecule has 0 saturated carbocycles. The molecule has 0 unspecified atom stereocenters. The summed E-state index contributed by atoms with van der Waals surface area (Å²) in [6.07, 6.45) is 5.97. The van der Waals surface area contributed by atoms with Crippen molar-refractivity contribution in [2.24, 2.45) is 5.73 Å². The minimum atomic E-state index is -0.761. The maximum Gasteiger partial charge on any atom is 0.418 e. The Morgan fingerprint density at radius 2 is 1.12 bits per heavy atom. The number of carbonyl (C=O) groups is 2. The summed E-state index contributed by atoms with van der Waals surface area (Å²) in [5.74, 6) is 5.09. The number of non-ortho nitro benzene ring substituents is 1. The number of urea groups is 1. The third-order valence-electron chi connectivity index (χ3n) is 8.49. The van der Waals surface area contributed by atoms with Crippen LogP contribution in [0.2, 0.25) is 0 Å². The zero-order chi connectivity index (χ0) is 46.1. The molecule has 4 heterocycles. The van der Waals surface area contributed by atoms with Crippen molar-refractivity contribution >= 4 is 29.4 Å². The number of nitrogens with zero attached hydrogens (tertiary/aromatic N) is 5. The van der Waals surface area contributed by atoms with Crippen LogP contribution in [0.4, 0.5) is 26.9 Å². The van der Waals surface area contributed by atoms with Crippen LogP contribution in [0.1, 0.15) is 64.2 Å². The van der Waals surface area contributed by atoms with Gasteiger partial charge < -0.3 is 34.3 Å². The predicted octanol–water partition coefficient (Wildman–Crippen LogP) is 10.3. The van der Waals surface area contributed by atoms with Crippen LogP contribution in [0.25, 0.3) is 0 Å². The second-order valence-corrected chi connectivity index (χ2v) is 15.8. The van der Waals surface area contributed by atoms with E-state index in [2.05, 4.69) is 36.2 Å². The number of carbonyl (C=O) groups excluding carboxylic acids is 2. The Morgan fingerprint density at radius 3 is 1.59 bits per heavy atom. The lowest BCUT2D eigenvalue weighted by Crippen LogP contribution is -2.28. The van der Waals surface area contributed by atoms with Gasteiger partial charge in [0.1, 0.15) is 40.3 Å². The van der Waals surface area contributed by atoms with E-state index in [4.69, 9.17) is 29.0 Å². The Hall–Kier alpha value is -8.12. The molecule has 0 aliphatic rings. The highest BCUT2D eigenvalue weighted by Crippen LogP contribution is 2.27. The van der Waals surface area contributed by atoms with Crippen LogP contribution >= 0.6 is 0 Å². The molecule has 18 heteroatoms. The first-order valence-corrected chi connectivity index (χ1v) is 19.8. The van der Waals surface area contributed by atoms with Crippen molar-refractivity contribution in [1.82, 2.24) is 25.6 Å². The highest BCUT2D eigenvalue weighted by Gasteiger charge is 2.22. The number of hydrogen-bond acceptors (Lipinski definition) is 14. The van der Waals surface area contributed by atoms with Gasteiger partial charge in [0.2, 0.25) is 0 Å². The molecule has 0 bridgehead atoms. The minimum absolute atomic E-state index is 0.0842. The fourth-order valence-corrected chi connectivity index (χ4v) is 5.13. The van der Waals surface area contributed by atoms with E-state index in [1.54, 1.807) is 49.1 Å². The summed E-state index contributed by atoms with van der Waals surface area (Å²) in [7, 11) is 0. The topological polar surface area (TPSA) is 245 Å². The molecule has 0 aliphatic heterocycles. The number of ether oxygens (including phenoxy) is 3. The number of benzene rings is 3. The van der Waals surface area contributed by atoms with Gasteiger partial charge in [-0.2, -0.15) is 0 Å². The van der Waals surface area contributed by atoms with Gasteiger partial charge in [-0.05, 0) is 71.8 Å². The zero-order valence-electron chi connectivity index (χ0n) is 36.1. The molecule has 3 amide bonds. The Kier molecular flexibility index (Phi) is 16.2. The fraction of sp³-hybridized carbons (Fsp3) is 0.217. The van der Waals surface area contributed by atoms with Crippen molar-refractivity contribution in [1.29, 1.82) is 0 Å². The molecule has 0 saturated heterocycles. The van der Waals surface area contributed by atoms with Crippen LogP contribution in [0.3, 0.4) is 0 Å². The van der Waals surface area contributed by atoms with Crippen molar-refractivity contribution in [3.8, 4) is 28.7 Å². The maximum atomic E-state index is 12.1. The first-order valence-electron chi connectivity index (χ1n) is 19.8. The van der Waals surface area contributed by atoms with E-state index >= 15 is 0 Å². The molecule has 0 atom stereocenters. The van der Waals surface area contributed by atoms with E-state index in [1.165, 1.54) is 24.3 Å². The van der Waals surface area contributed by atoms with Crippen LogP contribution in [0.15, 0.2) is 143 Å². The van der Waals surface area contributed by atoms with Crippen molar-refractivity contribution in [2.75, 3.05) is 10.6 Å². The van der Waals surface area contributed by atoms with Gasteiger partial charge in [0.15, 0.2) is 11.6 Å². The number of nitrogens with two attached hydrogens (primary N) is 1. The molecular formula is C46H49N9O9. The Balaban J connectivity index is 0.000000188. The average molecular weight is 872 g/mol. The smallest absolute Gasteiger partial charge is 0.418 e. The van der Waals surface area contributed by atoms with Gasteiger partial charge in [0, 0.05) is 73.0 Å². The van der Waals surface area contributed by atoms with Crippen molar-refractivity contribution in [3.05, 3.63) is 167 Å². The summed E-state index contributed by atoms with van der Waals surface area (Å²) in [6, 6.07) is 30.6. The van der Waals surface area contributed by atoms with Crippen LogP contribution in [0.5, 0.6) is 28.7 Å². The molecule has 5 N–H and O–H groups in total. The van der Waals surface area contributed by atoms with Crippen LogP contribution in [-0.2, 0) is 23.9 Å². The monoisotopic (exact) mass is 871 g/mol. The number of pyridine rings is 2. The molecule has 7 aromatic rings. The number of nitro groups is 1. The van der Waals surface area contributed by atoms with Gasteiger partial charge in [-0.1, -0.05) is 76.1 Å². The summed E-state index contributed by atoms with van der Waals surface area (Å²) in [5.41, 5.74) is 7.03. The number of aromatic nitrogens is 4. The van der Waals surface area contributed by atoms with Crippen LogP contribution in [0, 0.1) is 10.1 Å². The second kappa shape index (κ2) is 22.1. The van der Waals surface area contributed by atoms with Gasteiger partial charge in [-0.15, -0.1) is 0 Å². The van der Waals surface area contributed by atoms with Crippen molar-refractivity contribution in [3.63, 3.8) is 0 Å². The molecule has 18 nitrogen and oxygen atoms in total. The summed E-state index contributed by atoms with van der Waals surface area (Å²) in [5, 5.41) is 26.0. The van der Waals surface area contributed by atoms with Gasteiger partial charge in [-0.3, -0.25) is 30.7 Å². The summed E-state index contributed by atoms with van der Waals surface area (Å²) < 4.78 is 26.8. The van der Waals surface area contributed by atoms with Crippen molar-refractivity contribution in [2.45, 2.75) is 65.5 Å². The number of amides is 3. The third kappa shape index (κ3) is 15.4. The summed E-state index contributed by atoms with van der Waals surface area (Å²) in [6.45, 7) is 12.8. The molecule has 0 aliphatic carbocycles. The molecule has 7 rings (SSSR count). The molecule has 3 aromatic carbocycles. The standard InChI is InChI=1S/C20H22N4O3.C14H15N3O5.C12H12N2O/c1-20(2,3)17-12-18(24-27-17)23-19(25)22-13-14-5-4-6-16(11-14)26-15-7-9-21-10-8-15;1-14(2,3)11-8-12(16-22-11)15-13(18)21-10-6-4-9(5-7-10)17(19)20;13-9-10-2-1-3-12(8-10)15-11-4-6-14-7-5-11/h4-12H,13H2,1-3H3,(H2,22,23,24,25);4-8H,1-3H3,(H,15,16,18);1-8H,9,13H2. The van der Waals surface area contributed by atoms with Gasteiger partial charge in [0.05, 0.1) is 4.92 Å². The van der Waals surface area contributed by atoms with E-state index < -0.39 is 11.0 Å². The molecule has 0 fully saturated rings.